The number of nitrogens with two attached hydrogens (primary N) is 1. The molecule has 1 aliphatic heterocycles. The number of halogens is 1. The summed E-state index contributed by atoms with van der Waals surface area (Å²) in [6.45, 7) is 2.96. The molecule has 126 valence electrons. The van der Waals surface area contributed by atoms with Crippen LogP contribution in [0.15, 0.2) is 28.7 Å². The summed E-state index contributed by atoms with van der Waals surface area (Å²) in [4.78, 5) is 26.4. The lowest BCUT2D eigenvalue weighted by Crippen LogP contribution is -2.43. The molecular formula is C17H24BrN3O2. The van der Waals surface area contributed by atoms with E-state index in [0.717, 1.165) is 29.4 Å². The normalized spacial score (nSPS) is 19.0. The van der Waals surface area contributed by atoms with Crippen LogP contribution in [0.1, 0.15) is 32.6 Å². The Bertz CT molecular complexity index is 565. The molecule has 0 saturated carbocycles. The molecule has 3 N–H and O–H groups in total. The molecule has 0 aromatic heterocycles. The summed E-state index contributed by atoms with van der Waals surface area (Å²) in [7, 11) is 0. The molecule has 1 heterocycles. The van der Waals surface area contributed by atoms with Crippen LogP contribution >= 0.6 is 15.9 Å². The van der Waals surface area contributed by atoms with Crippen molar-refractivity contribution < 1.29 is 9.59 Å². The van der Waals surface area contributed by atoms with Crippen LogP contribution in [0.5, 0.6) is 0 Å². The Kier molecular flexibility index (Phi) is 6.59. The number of benzene rings is 1. The van der Waals surface area contributed by atoms with E-state index in [-0.39, 0.29) is 30.2 Å². The van der Waals surface area contributed by atoms with Crippen molar-refractivity contribution in [1.29, 1.82) is 0 Å². The van der Waals surface area contributed by atoms with Crippen molar-refractivity contribution in [3.05, 3.63) is 28.7 Å². The molecule has 0 radical (unpaired) electrons. The van der Waals surface area contributed by atoms with Gasteiger partial charge in [-0.1, -0.05) is 31.9 Å². The Morgan fingerprint density at radius 2 is 2.22 bits per heavy atom. The summed E-state index contributed by atoms with van der Waals surface area (Å²) in [5.74, 6) is -0.403. The van der Waals surface area contributed by atoms with Gasteiger partial charge in [0.1, 0.15) is 0 Å². The highest BCUT2D eigenvalue weighted by Crippen LogP contribution is 2.31. The van der Waals surface area contributed by atoms with Crippen molar-refractivity contribution >= 4 is 33.4 Å². The molecule has 0 bridgehead atoms. The molecule has 1 saturated heterocycles. The van der Waals surface area contributed by atoms with Crippen LogP contribution in [0, 0.1) is 5.92 Å². The van der Waals surface area contributed by atoms with Gasteiger partial charge in [0.25, 0.3) is 0 Å². The summed E-state index contributed by atoms with van der Waals surface area (Å²) in [5, 5.41) is 3.00. The van der Waals surface area contributed by atoms with Crippen LogP contribution in [0.3, 0.4) is 0 Å². The maximum Gasteiger partial charge on any atom is 0.227 e. The molecular weight excluding hydrogens is 358 g/mol. The number of hydrogen-bond acceptors (Lipinski definition) is 3. The van der Waals surface area contributed by atoms with Crippen LogP contribution in [0.25, 0.3) is 0 Å². The first kappa shape index (κ1) is 17.9. The average molecular weight is 382 g/mol. The molecule has 1 fully saturated rings. The SMILES string of the molecule is CCCCC(CN)NC(=O)C1CC(=O)N(c2ccccc2Br)C1. The zero-order valence-electron chi connectivity index (χ0n) is 13.4. The van der Waals surface area contributed by atoms with Crippen LogP contribution < -0.4 is 16.0 Å². The Balaban J connectivity index is 1.99. The van der Waals surface area contributed by atoms with Crippen LogP contribution in [-0.4, -0.2) is 30.9 Å². The van der Waals surface area contributed by atoms with Crippen molar-refractivity contribution in [2.75, 3.05) is 18.0 Å². The van der Waals surface area contributed by atoms with Gasteiger partial charge in [-0.3, -0.25) is 9.59 Å². The van der Waals surface area contributed by atoms with E-state index in [1.165, 1.54) is 0 Å². The summed E-state index contributed by atoms with van der Waals surface area (Å²) < 4.78 is 0.859. The van der Waals surface area contributed by atoms with Crippen molar-refractivity contribution in [1.82, 2.24) is 5.32 Å². The van der Waals surface area contributed by atoms with Gasteiger partial charge in [0.15, 0.2) is 0 Å². The lowest BCUT2D eigenvalue weighted by Gasteiger charge is -2.20. The molecule has 0 spiro atoms. The highest BCUT2D eigenvalue weighted by Gasteiger charge is 2.36. The number of carbonyl (C=O) groups is 2. The number of nitrogens with zero attached hydrogens (tertiary/aromatic N) is 1. The van der Waals surface area contributed by atoms with Gasteiger partial charge >= 0.3 is 0 Å². The first-order valence-corrected chi connectivity index (χ1v) is 8.91. The lowest BCUT2D eigenvalue weighted by atomic mass is 10.1. The minimum Gasteiger partial charge on any atom is -0.352 e. The van der Waals surface area contributed by atoms with E-state index in [0.29, 0.717) is 13.1 Å². The van der Waals surface area contributed by atoms with Crippen molar-refractivity contribution in [2.45, 2.75) is 38.6 Å². The second kappa shape index (κ2) is 8.45. The number of rotatable bonds is 7. The molecule has 2 rings (SSSR count). The smallest absolute Gasteiger partial charge is 0.227 e. The van der Waals surface area contributed by atoms with E-state index in [2.05, 4.69) is 28.2 Å². The van der Waals surface area contributed by atoms with Gasteiger partial charge in [0, 0.05) is 30.0 Å². The first-order chi connectivity index (χ1) is 11.1. The van der Waals surface area contributed by atoms with Crippen molar-refractivity contribution in [3.63, 3.8) is 0 Å². The highest BCUT2D eigenvalue weighted by atomic mass is 79.9. The minimum absolute atomic E-state index is 0.00457. The average Bonchev–Trinajstić information content (AvgIpc) is 2.93. The number of unbranched alkanes of at least 4 members (excludes halogenated alkanes) is 1. The Morgan fingerprint density at radius 1 is 1.48 bits per heavy atom. The van der Waals surface area contributed by atoms with Gasteiger partial charge in [-0.05, 0) is 34.5 Å². The van der Waals surface area contributed by atoms with Gasteiger partial charge in [-0.25, -0.2) is 0 Å². The van der Waals surface area contributed by atoms with Crippen molar-refractivity contribution in [2.24, 2.45) is 11.7 Å². The van der Waals surface area contributed by atoms with E-state index in [4.69, 9.17) is 5.73 Å². The molecule has 1 aliphatic rings. The maximum atomic E-state index is 12.4. The zero-order chi connectivity index (χ0) is 16.8. The number of carbonyl (C=O) groups excluding carboxylic acids is 2. The Labute approximate surface area is 145 Å². The number of nitrogens with one attached hydrogen (secondary N) is 1. The minimum atomic E-state index is -0.315. The molecule has 2 atom stereocenters. The molecule has 1 aromatic carbocycles. The Morgan fingerprint density at radius 3 is 2.87 bits per heavy atom. The van der Waals surface area contributed by atoms with Gasteiger partial charge in [-0.15, -0.1) is 0 Å². The van der Waals surface area contributed by atoms with Gasteiger partial charge in [-0.2, -0.15) is 0 Å². The summed E-state index contributed by atoms with van der Waals surface area (Å²) in [6.07, 6.45) is 3.24. The molecule has 23 heavy (non-hydrogen) atoms. The van der Waals surface area contributed by atoms with Gasteiger partial charge < -0.3 is 16.0 Å². The summed E-state index contributed by atoms with van der Waals surface area (Å²) in [5.41, 5.74) is 6.54. The molecule has 6 heteroatoms. The highest BCUT2D eigenvalue weighted by molar-refractivity contribution is 9.10. The topological polar surface area (TPSA) is 75.4 Å². The van der Waals surface area contributed by atoms with Crippen molar-refractivity contribution in [3.8, 4) is 0 Å². The number of para-hydroxylation sites is 1. The molecule has 0 aliphatic carbocycles. The largest absolute Gasteiger partial charge is 0.352 e. The van der Waals surface area contributed by atoms with Gasteiger partial charge in [0.2, 0.25) is 11.8 Å². The van der Waals surface area contributed by atoms with E-state index < -0.39 is 0 Å². The van der Waals surface area contributed by atoms with E-state index in [1.807, 2.05) is 24.3 Å². The van der Waals surface area contributed by atoms with E-state index in [9.17, 15) is 9.59 Å². The summed E-state index contributed by atoms with van der Waals surface area (Å²) >= 11 is 3.46. The fraction of sp³-hybridized carbons (Fsp3) is 0.529. The third-order valence-electron chi connectivity index (χ3n) is 4.18. The lowest BCUT2D eigenvalue weighted by molar-refractivity contribution is -0.126. The molecule has 5 nitrogen and oxygen atoms in total. The number of amides is 2. The van der Waals surface area contributed by atoms with Gasteiger partial charge in [0.05, 0.1) is 11.6 Å². The number of anilines is 1. The monoisotopic (exact) mass is 381 g/mol. The molecule has 2 amide bonds. The third-order valence-corrected chi connectivity index (χ3v) is 4.85. The fourth-order valence-corrected chi connectivity index (χ4v) is 3.30. The van der Waals surface area contributed by atoms with Crippen LogP contribution in [0.2, 0.25) is 0 Å². The standard InChI is InChI=1S/C17H24BrN3O2/c1-2-3-6-13(10-19)20-17(23)12-9-16(22)21(11-12)15-8-5-4-7-14(15)18/h4-5,7-8,12-13H,2-3,6,9-11,19H2,1H3,(H,20,23). The quantitative estimate of drug-likeness (QED) is 0.761. The summed E-state index contributed by atoms with van der Waals surface area (Å²) in [6, 6.07) is 7.56. The molecule has 1 aromatic rings. The second-order valence-corrected chi connectivity index (χ2v) is 6.79. The predicted octanol–water partition coefficient (Wildman–Crippen LogP) is 2.44. The number of hydrogen-bond donors (Lipinski definition) is 2. The third kappa shape index (κ3) is 4.54. The zero-order valence-corrected chi connectivity index (χ0v) is 15.0. The second-order valence-electron chi connectivity index (χ2n) is 5.94. The van der Waals surface area contributed by atoms with Crippen LogP contribution in [-0.2, 0) is 9.59 Å². The molecule has 2 unspecified atom stereocenters. The fourth-order valence-electron chi connectivity index (χ4n) is 2.81. The Hall–Kier alpha value is -1.40. The van der Waals surface area contributed by atoms with Crippen LogP contribution in [0.4, 0.5) is 5.69 Å². The maximum absolute atomic E-state index is 12.4. The van der Waals surface area contributed by atoms with E-state index in [1.54, 1.807) is 4.90 Å². The van der Waals surface area contributed by atoms with E-state index >= 15 is 0 Å². The first-order valence-electron chi connectivity index (χ1n) is 8.12. The predicted molar refractivity (Wildman–Crippen MR) is 95.1 cm³/mol.